The largest absolute Gasteiger partial charge is 0.486 e. The van der Waals surface area contributed by atoms with E-state index in [2.05, 4.69) is 5.32 Å². The van der Waals surface area contributed by atoms with E-state index < -0.39 is 0 Å². The van der Waals surface area contributed by atoms with Crippen molar-refractivity contribution in [2.45, 2.75) is 11.0 Å². The van der Waals surface area contributed by atoms with Crippen molar-refractivity contribution < 1.29 is 14.3 Å². The monoisotopic (exact) mass is 430 g/mol. The van der Waals surface area contributed by atoms with Crippen molar-refractivity contribution in [1.29, 1.82) is 0 Å². The fourth-order valence-electron chi connectivity index (χ4n) is 3.10. The topological polar surface area (TPSA) is 69.6 Å². The average molecular weight is 431 g/mol. The minimum absolute atomic E-state index is 0.139. The summed E-state index contributed by atoms with van der Waals surface area (Å²) >= 11 is 7.38. The predicted molar refractivity (Wildman–Crippen MR) is 114 cm³/mol. The van der Waals surface area contributed by atoms with Gasteiger partial charge in [-0.1, -0.05) is 29.8 Å². The first-order valence-corrected chi connectivity index (χ1v) is 10.4. The molecule has 1 aliphatic rings. The Labute approximate surface area is 176 Å². The Morgan fingerprint density at radius 2 is 2.03 bits per heavy atom. The summed E-state index contributed by atoms with van der Waals surface area (Å²) < 4.78 is 13.0. The van der Waals surface area contributed by atoms with Crippen molar-refractivity contribution in [3.8, 4) is 11.5 Å². The van der Waals surface area contributed by atoms with Gasteiger partial charge in [0.1, 0.15) is 12.7 Å². The number of fused-ring (bicyclic) bond motifs is 2. The normalized spacial score (nSPS) is 15.3. The number of nitrogens with zero attached hydrogens (tertiary/aromatic N) is 1. The van der Waals surface area contributed by atoms with Crippen LogP contribution in [0.3, 0.4) is 0 Å². The number of halogens is 1. The third kappa shape index (κ3) is 4.36. The molecule has 1 aromatic heterocycles. The van der Waals surface area contributed by atoms with Gasteiger partial charge < -0.3 is 19.4 Å². The molecule has 6 nitrogen and oxygen atoms in total. The zero-order valence-electron chi connectivity index (χ0n) is 15.7. The summed E-state index contributed by atoms with van der Waals surface area (Å²) in [6.07, 6.45) is -0.245. The van der Waals surface area contributed by atoms with Crippen molar-refractivity contribution in [3.05, 3.63) is 63.9 Å². The second-order valence-electron chi connectivity index (χ2n) is 6.66. The van der Waals surface area contributed by atoms with Gasteiger partial charge in [0, 0.05) is 28.4 Å². The summed E-state index contributed by atoms with van der Waals surface area (Å²) in [4.78, 5) is 25.3. The second-order valence-corrected chi connectivity index (χ2v) is 8.11. The summed E-state index contributed by atoms with van der Waals surface area (Å²) in [7, 11) is 1.70. The Morgan fingerprint density at radius 1 is 1.24 bits per heavy atom. The highest BCUT2D eigenvalue weighted by molar-refractivity contribution is 8.00. The maximum absolute atomic E-state index is 12.3. The summed E-state index contributed by atoms with van der Waals surface area (Å²) in [6.45, 7) is 0.727. The van der Waals surface area contributed by atoms with Gasteiger partial charge in [-0.25, -0.2) is 0 Å². The summed E-state index contributed by atoms with van der Waals surface area (Å²) in [5.41, 5.74) is 0.591. The Bertz CT molecular complexity index is 1130. The lowest BCUT2D eigenvalue weighted by molar-refractivity contribution is -0.119. The first-order valence-electron chi connectivity index (χ1n) is 9.08. The van der Waals surface area contributed by atoms with Crippen LogP contribution in [-0.4, -0.2) is 35.5 Å². The molecule has 0 fully saturated rings. The van der Waals surface area contributed by atoms with Gasteiger partial charge in [-0.2, -0.15) is 0 Å². The zero-order chi connectivity index (χ0) is 20.4. The molecular weight excluding hydrogens is 412 g/mol. The van der Waals surface area contributed by atoms with Crippen LogP contribution < -0.4 is 20.3 Å². The van der Waals surface area contributed by atoms with Crippen molar-refractivity contribution in [2.75, 3.05) is 18.9 Å². The van der Waals surface area contributed by atoms with Gasteiger partial charge in [-0.15, -0.1) is 11.8 Å². The molecular formula is C21H19ClN2O4S. The van der Waals surface area contributed by atoms with Crippen LogP contribution in [0.4, 0.5) is 0 Å². The van der Waals surface area contributed by atoms with Crippen LogP contribution in [0.25, 0.3) is 10.9 Å². The van der Waals surface area contributed by atoms with E-state index in [4.69, 9.17) is 21.1 Å². The Balaban J connectivity index is 1.37. The molecule has 2 heterocycles. The van der Waals surface area contributed by atoms with Crippen LogP contribution >= 0.6 is 23.4 Å². The van der Waals surface area contributed by atoms with Gasteiger partial charge in [0.2, 0.25) is 5.91 Å². The Morgan fingerprint density at radius 3 is 2.86 bits per heavy atom. The number of thioether (sulfide) groups is 1. The third-order valence-electron chi connectivity index (χ3n) is 4.62. The number of ether oxygens (including phenoxy) is 2. The quantitative estimate of drug-likeness (QED) is 0.629. The van der Waals surface area contributed by atoms with Crippen LogP contribution in [0.5, 0.6) is 11.5 Å². The minimum atomic E-state index is -0.245. The summed E-state index contributed by atoms with van der Waals surface area (Å²) in [6, 6.07) is 14.4. The molecule has 0 bridgehead atoms. The third-order valence-corrected chi connectivity index (χ3v) is 5.92. The van der Waals surface area contributed by atoms with E-state index in [-0.39, 0.29) is 23.3 Å². The fraction of sp³-hybridized carbons (Fsp3) is 0.238. The molecule has 8 heteroatoms. The smallest absolute Gasteiger partial charge is 0.251 e. The highest BCUT2D eigenvalue weighted by Crippen LogP contribution is 2.31. The fourth-order valence-corrected chi connectivity index (χ4v) is 4.17. The molecule has 0 saturated carbocycles. The Kier molecular flexibility index (Phi) is 5.69. The number of carbonyl (C=O) groups excluding carboxylic acids is 1. The van der Waals surface area contributed by atoms with E-state index in [0.717, 1.165) is 15.8 Å². The van der Waals surface area contributed by atoms with E-state index in [9.17, 15) is 9.59 Å². The van der Waals surface area contributed by atoms with Crippen LogP contribution in [0, 0.1) is 0 Å². The van der Waals surface area contributed by atoms with E-state index in [1.165, 1.54) is 11.8 Å². The maximum atomic E-state index is 12.3. The lowest BCUT2D eigenvalue weighted by atomic mass is 10.2. The van der Waals surface area contributed by atoms with E-state index >= 15 is 0 Å². The standard InChI is InChI=1S/C21H19ClN2O4S/c1-24-16-8-13(22)6-7-15(16)19(9-21(24)26)29-12-20(25)23-10-14-11-27-17-4-2-3-5-18(17)28-14/h2-9,14H,10-12H2,1H3,(H,23,25)/t14-/m0/s1. The van der Waals surface area contributed by atoms with Gasteiger partial charge in [0.25, 0.3) is 5.56 Å². The number of benzene rings is 2. The van der Waals surface area contributed by atoms with Gasteiger partial charge in [0.15, 0.2) is 11.5 Å². The molecule has 0 spiro atoms. The highest BCUT2D eigenvalue weighted by Gasteiger charge is 2.21. The first-order chi connectivity index (χ1) is 14.0. The number of aryl methyl sites for hydroxylation is 1. The lowest BCUT2D eigenvalue weighted by Gasteiger charge is -2.26. The molecule has 1 aliphatic heterocycles. The maximum Gasteiger partial charge on any atom is 0.251 e. The van der Waals surface area contributed by atoms with Crippen molar-refractivity contribution in [1.82, 2.24) is 9.88 Å². The predicted octanol–water partition coefficient (Wildman–Crippen LogP) is 3.24. The molecule has 150 valence electrons. The molecule has 1 atom stereocenters. The molecule has 0 unspecified atom stereocenters. The van der Waals surface area contributed by atoms with Gasteiger partial charge >= 0.3 is 0 Å². The average Bonchev–Trinajstić information content (AvgIpc) is 2.73. The van der Waals surface area contributed by atoms with Crippen LogP contribution in [0.15, 0.2) is 58.2 Å². The lowest BCUT2D eigenvalue weighted by Crippen LogP contribution is -2.41. The van der Waals surface area contributed by atoms with E-state index in [1.54, 1.807) is 29.8 Å². The molecule has 29 heavy (non-hydrogen) atoms. The van der Waals surface area contributed by atoms with Crippen molar-refractivity contribution in [2.24, 2.45) is 7.05 Å². The van der Waals surface area contributed by atoms with E-state index in [0.29, 0.717) is 29.7 Å². The van der Waals surface area contributed by atoms with Gasteiger partial charge in [-0.05, 0) is 24.3 Å². The highest BCUT2D eigenvalue weighted by atomic mass is 35.5. The Hall–Kier alpha value is -2.64. The first kappa shape index (κ1) is 19.7. The number of aromatic nitrogens is 1. The van der Waals surface area contributed by atoms with Crippen molar-refractivity contribution >= 4 is 40.2 Å². The molecule has 2 aromatic carbocycles. The molecule has 0 radical (unpaired) electrons. The summed E-state index contributed by atoms with van der Waals surface area (Å²) in [5.74, 6) is 1.44. The van der Waals surface area contributed by atoms with Crippen LogP contribution in [0.1, 0.15) is 0 Å². The number of hydrogen-bond donors (Lipinski definition) is 1. The summed E-state index contributed by atoms with van der Waals surface area (Å²) in [5, 5.41) is 4.31. The number of amides is 1. The molecule has 0 aliphatic carbocycles. The number of pyridine rings is 1. The number of rotatable bonds is 5. The molecule has 4 rings (SSSR count). The number of nitrogens with one attached hydrogen (secondary N) is 1. The van der Waals surface area contributed by atoms with Crippen LogP contribution in [0.2, 0.25) is 5.02 Å². The molecule has 1 amide bonds. The molecule has 3 aromatic rings. The number of hydrogen-bond acceptors (Lipinski definition) is 5. The van der Waals surface area contributed by atoms with Gasteiger partial charge in [-0.3, -0.25) is 9.59 Å². The second kappa shape index (κ2) is 8.39. The number of carbonyl (C=O) groups is 1. The van der Waals surface area contributed by atoms with E-state index in [1.807, 2.05) is 30.3 Å². The molecule has 1 N–H and O–H groups in total. The van der Waals surface area contributed by atoms with Crippen molar-refractivity contribution in [3.63, 3.8) is 0 Å². The number of para-hydroxylation sites is 2. The zero-order valence-corrected chi connectivity index (χ0v) is 17.3. The SMILES string of the molecule is Cn1c(=O)cc(SCC(=O)NC[C@H]2COc3ccccc3O2)c2ccc(Cl)cc21. The van der Waals surface area contributed by atoms with Gasteiger partial charge in [0.05, 0.1) is 17.8 Å². The van der Waals surface area contributed by atoms with Crippen LogP contribution in [-0.2, 0) is 11.8 Å². The molecule has 0 saturated heterocycles. The minimum Gasteiger partial charge on any atom is -0.486 e.